The molecule has 0 spiro atoms. The second-order valence-corrected chi connectivity index (χ2v) is 5.49. The van der Waals surface area contributed by atoms with Gasteiger partial charge in [0, 0.05) is 24.3 Å². The number of pyridine rings is 2. The number of rotatable bonds is 3. The first kappa shape index (κ1) is 15.9. The first-order chi connectivity index (χ1) is 11.5. The van der Waals surface area contributed by atoms with Gasteiger partial charge in [-0.15, -0.1) is 0 Å². The van der Waals surface area contributed by atoms with E-state index in [9.17, 15) is 14.0 Å². The van der Waals surface area contributed by atoms with Crippen LogP contribution in [0, 0.1) is 12.7 Å². The summed E-state index contributed by atoms with van der Waals surface area (Å²) in [5.74, 6) is -0.725. The molecule has 0 bridgehead atoms. The minimum Gasteiger partial charge on any atom is -0.347 e. The van der Waals surface area contributed by atoms with E-state index in [0.29, 0.717) is 17.9 Å². The summed E-state index contributed by atoms with van der Waals surface area (Å²) in [5, 5.41) is 2.78. The molecule has 2 aromatic heterocycles. The maximum atomic E-state index is 13.5. The van der Waals surface area contributed by atoms with Gasteiger partial charge in [-0.25, -0.2) is 9.37 Å². The van der Waals surface area contributed by atoms with Crippen LogP contribution >= 0.6 is 0 Å². The SMILES string of the molecule is CCn1cc(C(=O)Nc2ccc(C)cn2)c(=O)c2cc(F)ccc21. The van der Waals surface area contributed by atoms with E-state index in [0.717, 1.165) is 11.6 Å². The van der Waals surface area contributed by atoms with E-state index < -0.39 is 17.2 Å². The van der Waals surface area contributed by atoms with Gasteiger partial charge in [-0.2, -0.15) is 0 Å². The quantitative estimate of drug-likeness (QED) is 0.805. The molecule has 5 nitrogen and oxygen atoms in total. The summed E-state index contributed by atoms with van der Waals surface area (Å²) >= 11 is 0. The third kappa shape index (κ3) is 2.90. The summed E-state index contributed by atoms with van der Waals surface area (Å²) in [5.41, 5.74) is 1.01. The number of carbonyl (C=O) groups excluding carboxylic acids is 1. The Morgan fingerprint density at radius 3 is 2.75 bits per heavy atom. The number of amides is 1. The number of hydrogen-bond donors (Lipinski definition) is 1. The lowest BCUT2D eigenvalue weighted by Crippen LogP contribution is -2.24. The van der Waals surface area contributed by atoms with E-state index in [1.54, 1.807) is 22.9 Å². The van der Waals surface area contributed by atoms with Crippen molar-refractivity contribution in [2.75, 3.05) is 5.32 Å². The van der Waals surface area contributed by atoms with Crippen LogP contribution in [0.25, 0.3) is 10.9 Å². The number of carbonyl (C=O) groups is 1. The minimum absolute atomic E-state index is 0.0441. The Balaban J connectivity index is 2.08. The van der Waals surface area contributed by atoms with Gasteiger partial charge in [0.05, 0.1) is 5.52 Å². The summed E-state index contributed by atoms with van der Waals surface area (Å²) in [6.07, 6.45) is 3.11. The largest absolute Gasteiger partial charge is 0.347 e. The van der Waals surface area contributed by atoms with Crippen LogP contribution < -0.4 is 10.7 Å². The number of hydrogen-bond acceptors (Lipinski definition) is 3. The number of aryl methyl sites for hydroxylation is 2. The summed E-state index contributed by atoms with van der Waals surface area (Å²) in [6.45, 7) is 4.32. The molecule has 0 fully saturated rings. The number of halogens is 1. The Labute approximate surface area is 137 Å². The average Bonchev–Trinajstić information content (AvgIpc) is 2.57. The number of anilines is 1. The van der Waals surface area contributed by atoms with Gasteiger partial charge in [0.25, 0.3) is 5.91 Å². The Hall–Kier alpha value is -3.02. The zero-order valence-corrected chi connectivity index (χ0v) is 13.3. The topological polar surface area (TPSA) is 64.0 Å². The van der Waals surface area contributed by atoms with Gasteiger partial charge in [0.1, 0.15) is 17.2 Å². The van der Waals surface area contributed by atoms with Crippen LogP contribution in [0.15, 0.2) is 47.5 Å². The first-order valence-electron chi connectivity index (χ1n) is 7.56. The van der Waals surface area contributed by atoms with Crippen molar-refractivity contribution in [3.63, 3.8) is 0 Å². The van der Waals surface area contributed by atoms with Crippen molar-refractivity contribution in [3.8, 4) is 0 Å². The molecular formula is C18H16FN3O2. The van der Waals surface area contributed by atoms with Crippen LogP contribution in [0.2, 0.25) is 0 Å². The van der Waals surface area contributed by atoms with E-state index in [2.05, 4.69) is 10.3 Å². The van der Waals surface area contributed by atoms with Gasteiger partial charge in [0.15, 0.2) is 0 Å². The monoisotopic (exact) mass is 325 g/mol. The van der Waals surface area contributed by atoms with Crippen molar-refractivity contribution >= 4 is 22.6 Å². The van der Waals surface area contributed by atoms with Gasteiger partial charge < -0.3 is 9.88 Å². The molecule has 2 heterocycles. The fourth-order valence-corrected chi connectivity index (χ4v) is 2.52. The lowest BCUT2D eigenvalue weighted by atomic mass is 10.1. The molecule has 0 saturated heterocycles. The van der Waals surface area contributed by atoms with Crippen molar-refractivity contribution in [1.82, 2.24) is 9.55 Å². The molecule has 1 N–H and O–H groups in total. The number of fused-ring (bicyclic) bond motifs is 1. The highest BCUT2D eigenvalue weighted by molar-refractivity contribution is 6.05. The fraction of sp³-hybridized carbons (Fsp3) is 0.167. The highest BCUT2D eigenvalue weighted by Gasteiger charge is 2.16. The van der Waals surface area contributed by atoms with Crippen LogP contribution in [-0.4, -0.2) is 15.5 Å². The average molecular weight is 325 g/mol. The highest BCUT2D eigenvalue weighted by Crippen LogP contribution is 2.15. The molecule has 6 heteroatoms. The van der Waals surface area contributed by atoms with Gasteiger partial charge in [-0.1, -0.05) is 6.07 Å². The van der Waals surface area contributed by atoms with Gasteiger partial charge in [-0.3, -0.25) is 9.59 Å². The highest BCUT2D eigenvalue weighted by atomic mass is 19.1. The molecule has 0 aliphatic heterocycles. The zero-order chi connectivity index (χ0) is 17.3. The molecule has 122 valence electrons. The lowest BCUT2D eigenvalue weighted by molar-refractivity contribution is 0.102. The third-order valence-electron chi connectivity index (χ3n) is 3.78. The molecule has 0 aliphatic carbocycles. The van der Waals surface area contributed by atoms with Crippen LogP contribution in [0.1, 0.15) is 22.8 Å². The van der Waals surface area contributed by atoms with Crippen molar-refractivity contribution in [2.45, 2.75) is 20.4 Å². The Morgan fingerprint density at radius 2 is 2.08 bits per heavy atom. The molecule has 0 radical (unpaired) electrons. The zero-order valence-electron chi connectivity index (χ0n) is 13.3. The van der Waals surface area contributed by atoms with Crippen molar-refractivity contribution < 1.29 is 9.18 Å². The second kappa shape index (κ2) is 6.23. The third-order valence-corrected chi connectivity index (χ3v) is 3.78. The van der Waals surface area contributed by atoms with Gasteiger partial charge in [0.2, 0.25) is 5.43 Å². The number of nitrogens with zero attached hydrogens (tertiary/aromatic N) is 2. The van der Waals surface area contributed by atoms with E-state index in [4.69, 9.17) is 0 Å². The maximum absolute atomic E-state index is 13.5. The van der Waals surface area contributed by atoms with E-state index in [-0.39, 0.29) is 10.9 Å². The van der Waals surface area contributed by atoms with E-state index >= 15 is 0 Å². The fourth-order valence-electron chi connectivity index (χ4n) is 2.52. The van der Waals surface area contributed by atoms with Crippen molar-refractivity contribution in [1.29, 1.82) is 0 Å². The van der Waals surface area contributed by atoms with Gasteiger partial charge >= 0.3 is 0 Å². The maximum Gasteiger partial charge on any atom is 0.262 e. The molecule has 0 unspecified atom stereocenters. The van der Waals surface area contributed by atoms with Crippen LogP contribution in [-0.2, 0) is 6.54 Å². The molecule has 1 amide bonds. The van der Waals surface area contributed by atoms with Crippen LogP contribution in [0.3, 0.4) is 0 Å². The minimum atomic E-state index is -0.565. The summed E-state index contributed by atoms with van der Waals surface area (Å²) in [7, 11) is 0. The first-order valence-corrected chi connectivity index (χ1v) is 7.56. The Kier molecular flexibility index (Phi) is 4.12. The normalized spacial score (nSPS) is 10.8. The predicted molar refractivity (Wildman–Crippen MR) is 90.8 cm³/mol. The van der Waals surface area contributed by atoms with E-state index in [1.807, 2.05) is 19.9 Å². The van der Waals surface area contributed by atoms with Crippen molar-refractivity contribution in [3.05, 3.63) is 69.9 Å². The molecule has 0 aliphatic rings. The lowest BCUT2D eigenvalue weighted by Gasteiger charge is -2.11. The number of benzene rings is 1. The molecule has 0 atom stereocenters. The Bertz CT molecular complexity index is 978. The summed E-state index contributed by atoms with van der Waals surface area (Å²) in [6, 6.07) is 7.46. The smallest absolute Gasteiger partial charge is 0.262 e. The molecule has 3 aromatic rings. The second-order valence-electron chi connectivity index (χ2n) is 5.49. The number of nitrogens with one attached hydrogen (secondary N) is 1. The van der Waals surface area contributed by atoms with E-state index in [1.165, 1.54) is 12.3 Å². The molecular weight excluding hydrogens is 309 g/mol. The molecule has 1 aromatic carbocycles. The Morgan fingerprint density at radius 1 is 1.29 bits per heavy atom. The molecule has 24 heavy (non-hydrogen) atoms. The summed E-state index contributed by atoms with van der Waals surface area (Å²) in [4.78, 5) is 29.1. The standard InChI is InChI=1S/C18H16FN3O2/c1-3-22-10-14(17(23)13-8-12(19)5-6-15(13)22)18(24)21-16-7-4-11(2)9-20-16/h4-10H,3H2,1-2H3,(H,20,21,24). The molecule has 3 rings (SSSR count). The summed E-state index contributed by atoms with van der Waals surface area (Å²) < 4.78 is 15.3. The predicted octanol–water partition coefficient (Wildman–Crippen LogP) is 3.12. The van der Waals surface area contributed by atoms with Crippen LogP contribution in [0.5, 0.6) is 0 Å². The van der Waals surface area contributed by atoms with Gasteiger partial charge in [-0.05, 0) is 43.7 Å². The molecule has 0 saturated carbocycles. The van der Waals surface area contributed by atoms with Crippen LogP contribution in [0.4, 0.5) is 10.2 Å². The van der Waals surface area contributed by atoms with Crippen molar-refractivity contribution in [2.24, 2.45) is 0 Å². The number of aromatic nitrogens is 2.